The summed E-state index contributed by atoms with van der Waals surface area (Å²) in [5.41, 5.74) is 1.34. The lowest BCUT2D eigenvalue weighted by molar-refractivity contribution is 1.89. The summed E-state index contributed by atoms with van der Waals surface area (Å²) in [6.45, 7) is 0. The monoisotopic (exact) mass is 119 g/mol. The second kappa shape index (κ2) is 1.43. The minimum Gasteiger partial charge on any atom is -0.0607 e. The van der Waals surface area contributed by atoms with Crippen LogP contribution < -0.4 is 0 Å². The van der Waals surface area contributed by atoms with Crippen molar-refractivity contribution >= 4 is 13.5 Å². The Morgan fingerprint density at radius 2 is 2.50 bits per heavy atom. The first kappa shape index (κ1) is 4.29. The second-order valence-corrected chi connectivity index (χ2v) is 2.72. The van der Waals surface area contributed by atoms with Gasteiger partial charge in [-0.05, 0) is 17.7 Å². The molecule has 0 saturated heterocycles. The van der Waals surface area contributed by atoms with Crippen molar-refractivity contribution in [2.45, 2.75) is 0 Å². The molecule has 0 unspecified atom stereocenters. The molecule has 37 valence electrons. The smallest absolute Gasteiger partial charge is 0.0149 e. The van der Waals surface area contributed by atoms with Crippen LogP contribution in [0.1, 0.15) is 0 Å². The van der Waals surface area contributed by atoms with E-state index in [0.29, 0.717) is 0 Å². The lowest BCUT2D eigenvalue weighted by Crippen LogP contribution is -1.81. The van der Waals surface area contributed by atoms with E-state index in [4.69, 9.17) is 0 Å². The van der Waals surface area contributed by atoms with Crippen LogP contribution in [0.25, 0.3) is 0 Å². The van der Waals surface area contributed by atoms with Gasteiger partial charge in [-0.2, -0.15) is 0 Å². The Balaban J connectivity index is 2.59. The molecular formula is C7H4P. The molecule has 1 aliphatic heterocycles. The van der Waals surface area contributed by atoms with Crippen LogP contribution in [0.5, 0.6) is 0 Å². The fourth-order valence-electron chi connectivity index (χ4n) is 0.820. The van der Waals surface area contributed by atoms with Gasteiger partial charge >= 0.3 is 0 Å². The minimum absolute atomic E-state index is 1.23. The van der Waals surface area contributed by atoms with E-state index in [0.717, 1.165) is 0 Å². The van der Waals surface area contributed by atoms with Gasteiger partial charge in [0.1, 0.15) is 0 Å². The number of fused-ring (bicyclic) bond motifs is 1. The molecule has 0 saturated carbocycles. The standard InChI is InChI=1S/C7H4P/c1-2-6-4-5-8-7(6)3-1/h1-4H. The maximum Gasteiger partial charge on any atom is 0.0149 e. The maximum atomic E-state index is 3.11. The van der Waals surface area contributed by atoms with Gasteiger partial charge in [0.2, 0.25) is 0 Å². The molecule has 0 amide bonds. The molecule has 0 nitrogen and oxygen atoms in total. The van der Waals surface area contributed by atoms with Crippen LogP contribution in [0.2, 0.25) is 0 Å². The Morgan fingerprint density at radius 1 is 1.50 bits per heavy atom. The van der Waals surface area contributed by atoms with E-state index in [2.05, 4.69) is 24.0 Å². The first-order chi connectivity index (χ1) is 3.97. The molecule has 0 N–H and O–H groups in total. The van der Waals surface area contributed by atoms with E-state index in [1.165, 1.54) is 19.1 Å². The van der Waals surface area contributed by atoms with Crippen LogP contribution in [0.15, 0.2) is 29.9 Å². The third-order valence-corrected chi connectivity index (χ3v) is 2.14. The normalized spacial score (nSPS) is 23.0. The highest BCUT2D eigenvalue weighted by Crippen LogP contribution is 2.23. The Morgan fingerprint density at radius 3 is 3.38 bits per heavy atom. The highest BCUT2D eigenvalue weighted by atomic mass is 31.1. The van der Waals surface area contributed by atoms with Crippen molar-refractivity contribution < 1.29 is 0 Å². The van der Waals surface area contributed by atoms with Gasteiger partial charge in [0.05, 0.1) is 0 Å². The van der Waals surface area contributed by atoms with E-state index in [9.17, 15) is 0 Å². The Labute approximate surface area is 50.0 Å². The average molecular weight is 119 g/mol. The van der Waals surface area contributed by atoms with Crippen LogP contribution >= 0.6 is 8.20 Å². The lowest BCUT2D eigenvalue weighted by atomic mass is 10.2. The van der Waals surface area contributed by atoms with E-state index >= 15 is 0 Å². The summed E-state index contributed by atoms with van der Waals surface area (Å²) < 4.78 is 0. The molecule has 0 aromatic carbocycles. The lowest BCUT2D eigenvalue weighted by Gasteiger charge is -1.84. The van der Waals surface area contributed by atoms with Gasteiger partial charge < -0.3 is 0 Å². The van der Waals surface area contributed by atoms with E-state index in [-0.39, 0.29) is 0 Å². The van der Waals surface area contributed by atoms with Crippen molar-refractivity contribution in [2.24, 2.45) is 0 Å². The predicted molar refractivity (Wildman–Crippen MR) is 37.0 cm³/mol. The van der Waals surface area contributed by atoms with Crippen molar-refractivity contribution in [3.63, 3.8) is 0 Å². The molecule has 1 aliphatic carbocycles. The number of allylic oxidation sites excluding steroid dienone is 5. The zero-order valence-electron chi connectivity index (χ0n) is 4.26. The zero-order chi connectivity index (χ0) is 5.40. The molecule has 0 bridgehead atoms. The fourth-order valence-corrected chi connectivity index (χ4v) is 1.59. The van der Waals surface area contributed by atoms with Crippen molar-refractivity contribution in [3.8, 4) is 0 Å². The summed E-state index contributed by atoms with van der Waals surface area (Å²) in [6, 6.07) is 0. The SMILES string of the molecule is [C]1=CC2=CC=CC2=P1. The molecule has 2 aliphatic rings. The summed E-state index contributed by atoms with van der Waals surface area (Å²) in [6.07, 6.45) is 8.36. The van der Waals surface area contributed by atoms with Gasteiger partial charge in [-0.1, -0.05) is 20.4 Å². The number of rotatable bonds is 0. The molecule has 1 heterocycles. The fraction of sp³-hybridized carbons (Fsp3) is 0. The largest absolute Gasteiger partial charge is 0.0607 e. The molecule has 8 heavy (non-hydrogen) atoms. The second-order valence-electron chi connectivity index (χ2n) is 1.75. The van der Waals surface area contributed by atoms with Crippen molar-refractivity contribution in [3.05, 3.63) is 35.7 Å². The van der Waals surface area contributed by atoms with Crippen molar-refractivity contribution in [1.29, 1.82) is 0 Å². The maximum absolute atomic E-state index is 3.11. The van der Waals surface area contributed by atoms with Gasteiger partial charge in [-0.3, -0.25) is 0 Å². The Kier molecular flexibility index (Phi) is 0.767. The molecule has 0 aromatic rings. The summed E-state index contributed by atoms with van der Waals surface area (Å²) >= 11 is 0. The molecule has 0 fully saturated rings. The minimum atomic E-state index is 1.23. The van der Waals surface area contributed by atoms with Crippen LogP contribution in [0.3, 0.4) is 0 Å². The Hall–Kier alpha value is -0.610. The quantitative estimate of drug-likeness (QED) is 0.427. The molecule has 0 aromatic heterocycles. The van der Waals surface area contributed by atoms with Crippen LogP contribution in [-0.4, -0.2) is 5.29 Å². The van der Waals surface area contributed by atoms with E-state index in [1.54, 1.807) is 0 Å². The topological polar surface area (TPSA) is 0 Å². The third-order valence-electron chi connectivity index (χ3n) is 1.23. The zero-order valence-corrected chi connectivity index (χ0v) is 5.15. The third kappa shape index (κ3) is 0.439. The highest BCUT2D eigenvalue weighted by Gasteiger charge is 2.05. The van der Waals surface area contributed by atoms with Gasteiger partial charge in [-0.25, -0.2) is 0 Å². The first-order valence-electron chi connectivity index (χ1n) is 2.52. The highest BCUT2D eigenvalue weighted by molar-refractivity contribution is 7.44. The van der Waals surface area contributed by atoms with Crippen LogP contribution in [0, 0.1) is 5.82 Å². The van der Waals surface area contributed by atoms with Gasteiger partial charge in [0.25, 0.3) is 0 Å². The average Bonchev–Trinajstić information content (AvgIpc) is 2.15. The van der Waals surface area contributed by atoms with Gasteiger partial charge in [-0.15, -0.1) is 0 Å². The number of hydrogen-bond acceptors (Lipinski definition) is 0. The first-order valence-corrected chi connectivity index (χ1v) is 3.41. The molecule has 0 atom stereocenters. The summed E-state index contributed by atoms with van der Waals surface area (Å²) in [4.78, 5) is 0. The van der Waals surface area contributed by atoms with Crippen molar-refractivity contribution in [2.75, 3.05) is 0 Å². The van der Waals surface area contributed by atoms with Crippen molar-refractivity contribution in [1.82, 2.24) is 0 Å². The molecule has 1 radical (unpaired) electrons. The number of hydrogen-bond donors (Lipinski definition) is 0. The van der Waals surface area contributed by atoms with Gasteiger partial charge in [0.15, 0.2) is 0 Å². The van der Waals surface area contributed by atoms with E-state index in [1.807, 2.05) is 6.08 Å². The molecule has 2 rings (SSSR count). The van der Waals surface area contributed by atoms with Crippen LogP contribution in [0.4, 0.5) is 0 Å². The molecule has 0 spiro atoms. The van der Waals surface area contributed by atoms with Crippen LogP contribution in [-0.2, 0) is 0 Å². The summed E-state index contributed by atoms with van der Waals surface area (Å²) in [5.74, 6) is 3.11. The Bertz CT molecular complexity index is 203. The van der Waals surface area contributed by atoms with E-state index < -0.39 is 0 Å². The van der Waals surface area contributed by atoms with Gasteiger partial charge in [0, 0.05) is 11.1 Å². The predicted octanol–water partition coefficient (Wildman–Crippen LogP) is 1.93. The summed E-state index contributed by atoms with van der Waals surface area (Å²) in [5, 5.41) is 1.39. The molecule has 1 heteroatoms. The summed E-state index contributed by atoms with van der Waals surface area (Å²) in [7, 11) is 1.23. The molecular weight excluding hydrogens is 115 g/mol.